The number of rotatable bonds is 9. The number of aromatic hydroxyl groups is 1. The molecule has 2 aromatic carbocycles. The highest BCUT2D eigenvalue weighted by Gasteiger charge is 2.28. The molecular weight excluding hydrogens is 446 g/mol. The van der Waals surface area contributed by atoms with E-state index in [1.165, 1.54) is 31.2 Å². The molecule has 5 rings (SSSR count). The summed E-state index contributed by atoms with van der Waals surface area (Å²) in [7, 11) is 0. The molecule has 1 aliphatic heterocycles. The number of nitrogens with zero attached hydrogens (tertiary/aromatic N) is 1. The molecule has 9 heteroatoms. The van der Waals surface area contributed by atoms with Crippen LogP contribution in [0.1, 0.15) is 36.0 Å². The van der Waals surface area contributed by atoms with E-state index in [2.05, 4.69) is 15.0 Å². The van der Waals surface area contributed by atoms with E-state index in [0.29, 0.717) is 34.5 Å². The Hall–Kier alpha value is -3.33. The minimum atomic E-state index is -3.15. The summed E-state index contributed by atoms with van der Waals surface area (Å²) >= 11 is 0. The first-order valence-electron chi connectivity index (χ1n) is 11.5. The number of alkyl halides is 2. The van der Waals surface area contributed by atoms with Gasteiger partial charge in [0.2, 0.25) is 0 Å². The Morgan fingerprint density at radius 1 is 1.21 bits per heavy atom. The number of nitrogens with one attached hydrogen (secondary N) is 1. The Morgan fingerprint density at radius 3 is 2.74 bits per heavy atom. The van der Waals surface area contributed by atoms with E-state index < -0.39 is 18.3 Å². The Kier molecular flexibility index (Phi) is 6.28. The maximum absolute atomic E-state index is 13.1. The van der Waals surface area contributed by atoms with Crippen LogP contribution in [0.2, 0.25) is 0 Å². The van der Waals surface area contributed by atoms with Gasteiger partial charge < -0.3 is 24.3 Å². The molecule has 2 heterocycles. The van der Waals surface area contributed by atoms with Crippen LogP contribution in [0.25, 0.3) is 22.1 Å². The highest BCUT2D eigenvalue weighted by molar-refractivity contribution is 6.02. The minimum Gasteiger partial charge on any atom is -0.507 e. The Balaban J connectivity index is 1.39. The summed E-state index contributed by atoms with van der Waals surface area (Å²) in [5.41, 5.74) is 1.21. The first kappa shape index (κ1) is 22.5. The van der Waals surface area contributed by atoms with E-state index in [1.54, 1.807) is 6.07 Å². The van der Waals surface area contributed by atoms with Crippen molar-refractivity contribution in [3.8, 4) is 28.4 Å². The minimum absolute atomic E-state index is 0.00411. The Bertz CT molecular complexity index is 1190. The zero-order valence-electron chi connectivity index (χ0n) is 18.6. The fourth-order valence-electron chi connectivity index (χ4n) is 4.28. The SMILES string of the molecule is O=C(NC1CC1)c1c(O)cc(-c2coc3cc(OCCN4CCCC4)ccc23)cc1OC(F)F. The second kappa shape index (κ2) is 9.50. The van der Waals surface area contributed by atoms with E-state index >= 15 is 0 Å². The molecule has 2 fully saturated rings. The topological polar surface area (TPSA) is 84.2 Å². The number of carbonyl (C=O) groups is 1. The lowest BCUT2D eigenvalue weighted by Gasteiger charge is -2.15. The van der Waals surface area contributed by atoms with Gasteiger partial charge in [-0.2, -0.15) is 8.78 Å². The molecule has 1 saturated carbocycles. The Labute approximate surface area is 195 Å². The lowest BCUT2D eigenvalue weighted by molar-refractivity contribution is -0.0502. The van der Waals surface area contributed by atoms with Crippen molar-refractivity contribution >= 4 is 16.9 Å². The fourth-order valence-corrected chi connectivity index (χ4v) is 4.28. The smallest absolute Gasteiger partial charge is 0.387 e. The summed E-state index contributed by atoms with van der Waals surface area (Å²) in [5, 5.41) is 14.0. The Morgan fingerprint density at radius 2 is 2.00 bits per heavy atom. The van der Waals surface area contributed by atoms with Crippen molar-refractivity contribution in [3.05, 3.63) is 42.2 Å². The number of phenols is 1. The molecule has 7 nitrogen and oxygen atoms in total. The predicted molar refractivity (Wildman–Crippen MR) is 122 cm³/mol. The van der Waals surface area contributed by atoms with Gasteiger partial charge >= 0.3 is 6.61 Å². The molecule has 3 aromatic rings. The average Bonchev–Trinajstić information content (AvgIpc) is 3.28. The third-order valence-corrected chi connectivity index (χ3v) is 6.17. The van der Waals surface area contributed by atoms with Crippen LogP contribution in [0.3, 0.4) is 0 Å². The van der Waals surface area contributed by atoms with Gasteiger partial charge in [-0.1, -0.05) is 0 Å². The lowest BCUT2D eigenvalue weighted by atomic mass is 10.0. The van der Waals surface area contributed by atoms with Crippen LogP contribution in [-0.2, 0) is 0 Å². The zero-order chi connectivity index (χ0) is 23.7. The van der Waals surface area contributed by atoms with Gasteiger partial charge in [-0.25, -0.2) is 0 Å². The standard InChI is InChI=1S/C25H26F2N2O5/c26-25(27)34-22-12-15(11-20(30)23(22)24(31)28-16-3-4-16)19-14-33-21-13-17(5-6-18(19)21)32-10-9-29-7-1-2-8-29/h5-6,11-14,16,25,30H,1-4,7-10H2,(H,28,31). The van der Waals surface area contributed by atoms with E-state index in [0.717, 1.165) is 32.5 Å². The predicted octanol–water partition coefficient (Wildman–Crippen LogP) is 4.77. The van der Waals surface area contributed by atoms with E-state index in [4.69, 9.17) is 9.15 Å². The molecular formula is C25H26F2N2O5. The lowest BCUT2D eigenvalue weighted by Crippen LogP contribution is -2.26. The van der Waals surface area contributed by atoms with Crippen molar-refractivity contribution in [3.63, 3.8) is 0 Å². The van der Waals surface area contributed by atoms with Crippen LogP contribution < -0.4 is 14.8 Å². The van der Waals surface area contributed by atoms with Gasteiger partial charge in [0.1, 0.15) is 35.0 Å². The van der Waals surface area contributed by atoms with Gasteiger partial charge in [-0.15, -0.1) is 0 Å². The van der Waals surface area contributed by atoms with Gasteiger partial charge in [0.15, 0.2) is 0 Å². The number of ether oxygens (including phenoxy) is 2. The van der Waals surface area contributed by atoms with Crippen molar-refractivity contribution in [1.29, 1.82) is 0 Å². The van der Waals surface area contributed by atoms with Gasteiger partial charge in [0.05, 0.1) is 6.26 Å². The molecule has 2 aliphatic rings. The van der Waals surface area contributed by atoms with E-state index in [1.807, 2.05) is 12.1 Å². The number of furan rings is 1. The molecule has 0 atom stereocenters. The average molecular weight is 472 g/mol. The third kappa shape index (κ3) is 4.94. The number of halogens is 2. The maximum atomic E-state index is 13.1. The normalized spacial score (nSPS) is 16.3. The molecule has 0 unspecified atom stereocenters. The fraction of sp³-hybridized carbons (Fsp3) is 0.400. The second-order valence-electron chi connectivity index (χ2n) is 8.70. The van der Waals surface area contributed by atoms with Gasteiger partial charge in [0.25, 0.3) is 5.91 Å². The highest BCUT2D eigenvalue weighted by atomic mass is 19.3. The van der Waals surface area contributed by atoms with Crippen molar-refractivity contribution in [2.45, 2.75) is 38.3 Å². The number of hydrogen-bond acceptors (Lipinski definition) is 6. The van der Waals surface area contributed by atoms with Gasteiger partial charge in [-0.3, -0.25) is 9.69 Å². The largest absolute Gasteiger partial charge is 0.507 e. The van der Waals surface area contributed by atoms with Gasteiger partial charge in [-0.05, 0) is 68.6 Å². The van der Waals surface area contributed by atoms with Crippen LogP contribution in [0.4, 0.5) is 8.78 Å². The molecule has 0 bridgehead atoms. The van der Waals surface area contributed by atoms with Crippen molar-refractivity contribution < 1.29 is 32.6 Å². The summed E-state index contributed by atoms with van der Waals surface area (Å²) in [6.45, 7) is 0.507. The second-order valence-corrected chi connectivity index (χ2v) is 8.70. The molecule has 34 heavy (non-hydrogen) atoms. The molecule has 1 aromatic heterocycles. The number of likely N-dealkylation sites (tertiary alicyclic amines) is 1. The third-order valence-electron chi connectivity index (χ3n) is 6.17. The van der Waals surface area contributed by atoms with E-state index in [-0.39, 0.29) is 17.4 Å². The molecule has 0 radical (unpaired) electrons. The van der Waals surface area contributed by atoms with Crippen molar-refractivity contribution in [2.24, 2.45) is 0 Å². The van der Waals surface area contributed by atoms with Crippen LogP contribution >= 0.6 is 0 Å². The number of carbonyl (C=O) groups excluding carboxylic acids is 1. The number of amides is 1. The molecule has 1 aliphatic carbocycles. The molecule has 2 N–H and O–H groups in total. The molecule has 1 amide bonds. The van der Waals surface area contributed by atoms with Crippen molar-refractivity contribution in [2.75, 3.05) is 26.2 Å². The maximum Gasteiger partial charge on any atom is 0.387 e. The number of hydrogen-bond donors (Lipinski definition) is 2. The highest BCUT2D eigenvalue weighted by Crippen LogP contribution is 2.39. The molecule has 180 valence electrons. The first-order valence-corrected chi connectivity index (χ1v) is 11.5. The zero-order valence-corrected chi connectivity index (χ0v) is 18.6. The molecule has 0 spiro atoms. The number of fused-ring (bicyclic) bond motifs is 1. The van der Waals surface area contributed by atoms with Crippen LogP contribution in [0, 0.1) is 0 Å². The van der Waals surface area contributed by atoms with Gasteiger partial charge in [0, 0.05) is 29.6 Å². The molecule has 1 saturated heterocycles. The summed E-state index contributed by atoms with van der Waals surface area (Å²) in [5.74, 6) is -0.805. The summed E-state index contributed by atoms with van der Waals surface area (Å²) < 4.78 is 42.3. The van der Waals surface area contributed by atoms with E-state index in [9.17, 15) is 18.7 Å². The number of phenolic OH excluding ortho intramolecular Hbond substituents is 1. The van der Waals surface area contributed by atoms with Crippen LogP contribution in [0.5, 0.6) is 17.2 Å². The monoisotopic (exact) mass is 472 g/mol. The van der Waals surface area contributed by atoms with Crippen LogP contribution in [0.15, 0.2) is 41.0 Å². The van der Waals surface area contributed by atoms with Crippen molar-refractivity contribution in [1.82, 2.24) is 10.2 Å². The van der Waals surface area contributed by atoms with Crippen LogP contribution in [-0.4, -0.2) is 54.8 Å². The number of benzene rings is 2. The first-order chi connectivity index (χ1) is 16.5. The quantitative estimate of drug-likeness (QED) is 0.467. The summed E-state index contributed by atoms with van der Waals surface area (Å²) in [6, 6.07) is 8.08. The summed E-state index contributed by atoms with van der Waals surface area (Å²) in [4.78, 5) is 14.9. The summed E-state index contributed by atoms with van der Waals surface area (Å²) in [6.07, 6.45) is 5.57.